The summed E-state index contributed by atoms with van der Waals surface area (Å²) >= 11 is 0. The standard InChI is InChI=1S/C39H38N6O6/c40-37(41)27-13-11-26(12-14-27)36-31(29-16-15-28(38(42)43)19-32(29)45-36)20-34(47)44-21-33(46)30(39(49)51-23-25-9-5-2-6-10-25)17-18-35(48)50-22-24-7-3-1-4-8-24/h1-16,19,30,45H,17-18,20-23H2,(H3,40,41)(H3,42,43)(H,44,47). The first kappa shape index (κ1) is 35.7. The Labute approximate surface area is 294 Å². The Bertz CT molecular complexity index is 2060. The van der Waals surface area contributed by atoms with Gasteiger partial charge in [0.05, 0.1) is 18.7 Å². The molecular formula is C39H38N6O6. The van der Waals surface area contributed by atoms with E-state index < -0.39 is 36.1 Å². The van der Waals surface area contributed by atoms with Gasteiger partial charge in [-0.2, -0.15) is 0 Å². The van der Waals surface area contributed by atoms with Crippen LogP contribution in [0.3, 0.4) is 0 Å². The van der Waals surface area contributed by atoms with Crippen LogP contribution in [0, 0.1) is 16.7 Å². The first-order chi connectivity index (χ1) is 24.6. The van der Waals surface area contributed by atoms with Gasteiger partial charge in [-0.3, -0.25) is 30.0 Å². The van der Waals surface area contributed by atoms with Gasteiger partial charge in [0, 0.05) is 28.5 Å². The average Bonchev–Trinajstić information content (AvgIpc) is 3.50. The van der Waals surface area contributed by atoms with Gasteiger partial charge in [0.2, 0.25) is 5.91 Å². The third-order valence-electron chi connectivity index (χ3n) is 8.28. The molecule has 1 amide bonds. The third kappa shape index (κ3) is 9.54. The van der Waals surface area contributed by atoms with Crippen molar-refractivity contribution in [2.24, 2.45) is 17.4 Å². The van der Waals surface area contributed by atoms with Gasteiger partial charge >= 0.3 is 11.9 Å². The lowest BCUT2D eigenvalue weighted by atomic mass is 9.97. The van der Waals surface area contributed by atoms with Crippen LogP contribution in [0.15, 0.2) is 103 Å². The molecule has 4 aromatic carbocycles. The number of hydrogen-bond acceptors (Lipinski definition) is 8. The Balaban J connectivity index is 1.29. The molecule has 1 aromatic heterocycles. The van der Waals surface area contributed by atoms with Gasteiger partial charge in [-0.25, -0.2) is 0 Å². The number of carbonyl (C=O) groups is 4. The molecule has 260 valence electrons. The van der Waals surface area contributed by atoms with E-state index in [1.165, 1.54) is 0 Å². The minimum Gasteiger partial charge on any atom is -0.461 e. The van der Waals surface area contributed by atoms with Crippen molar-refractivity contribution in [3.8, 4) is 11.3 Å². The SMILES string of the molecule is N=C(N)c1ccc(-c2[nH]c3cc(C(=N)N)ccc3c2CC(=O)NCC(=O)C(CCC(=O)OCc2ccccc2)C(=O)OCc2ccccc2)cc1. The van der Waals surface area contributed by atoms with Gasteiger partial charge in [-0.05, 0) is 34.7 Å². The van der Waals surface area contributed by atoms with E-state index >= 15 is 0 Å². The molecule has 0 radical (unpaired) electrons. The molecule has 0 bridgehead atoms. The number of amidine groups is 2. The molecule has 1 unspecified atom stereocenters. The molecule has 0 saturated heterocycles. The normalized spacial score (nSPS) is 11.4. The van der Waals surface area contributed by atoms with Crippen molar-refractivity contribution >= 4 is 46.2 Å². The summed E-state index contributed by atoms with van der Waals surface area (Å²) in [6.07, 6.45) is -0.496. The van der Waals surface area contributed by atoms with Crippen molar-refractivity contribution < 1.29 is 28.7 Å². The van der Waals surface area contributed by atoms with Crippen molar-refractivity contribution in [3.05, 3.63) is 131 Å². The van der Waals surface area contributed by atoms with Crippen molar-refractivity contribution in [1.82, 2.24) is 10.3 Å². The van der Waals surface area contributed by atoms with Crippen LogP contribution in [-0.4, -0.2) is 46.8 Å². The zero-order chi connectivity index (χ0) is 36.3. The quantitative estimate of drug-likeness (QED) is 0.0375. The van der Waals surface area contributed by atoms with E-state index in [0.717, 1.165) is 16.7 Å². The summed E-state index contributed by atoms with van der Waals surface area (Å²) in [7, 11) is 0. The second kappa shape index (κ2) is 16.7. The van der Waals surface area contributed by atoms with Crippen LogP contribution in [0.1, 0.15) is 40.7 Å². The number of benzene rings is 4. The van der Waals surface area contributed by atoms with Crippen molar-refractivity contribution in [1.29, 1.82) is 10.8 Å². The van der Waals surface area contributed by atoms with Gasteiger partial charge in [0.1, 0.15) is 30.8 Å². The third-order valence-corrected chi connectivity index (χ3v) is 8.28. The van der Waals surface area contributed by atoms with Gasteiger partial charge in [0.15, 0.2) is 5.78 Å². The summed E-state index contributed by atoms with van der Waals surface area (Å²) < 4.78 is 10.8. The maximum Gasteiger partial charge on any atom is 0.316 e. The number of Topliss-reactive ketones (excluding diaryl/α,β-unsaturated/α-hetero) is 1. The molecule has 0 saturated carbocycles. The van der Waals surface area contributed by atoms with Crippen LogP contribution in [-0.2, 0) is 48.3 Å². The van der Waals surface area contributed by atoms with E-state index in [9.17, 15) is 19.2 Å². The monoisotopic (exact) mass is 686 g/mol. The van der Waals surface area contributed by atoms with Crippen LogP contribution in [0.2, 0.25) is 0 Å². The Morgan fingerprint density at radius 3 is 1.94 bits per heavy atom. The molecule has 51 heavy (non-hydrogen) atoms. The summed E-state index contributed by atoms with van der Waals surface area (Å²) in [5.74, 6) is -3.98. The highest BCUT2D eigenvalue weighted by atomic mass is 16.5. The fourth-order valence-corrected chi connectivity index (χ4v) is 5.51. The highest BCUT2D eigenvalue weighted by Gasteiger charge is 2.29. The highest BCUT2D eigenvalue weighted by molar-refractivity contribution is 6.03. The molecule has 0 spiro atoms. The highest BCUT2D eigenvalue weighted by Crippen LogP contribution is 2.32. The number of fused-ring (bicyclic) bond motifs is 1. The smallest absolute Gasteiger partial charge is 0.316 e. The fraction of sp³-hybridized carbons (Fsp3) is 0.179. The Morgan fingerprint density at radius 1 is 0.745 bits per heavy atom. The van der Waals surface area contributed by atoms with Gasteiger partial charge < -0.3 is 31.2 Å². The van der Waals surface area contributed by atoms with Gasteiger partial charge in [-0.15, -0.1) is 0 Å². The maximum absolute atomic E-state index is 13.5. The number of carbonyl (C=O) groups excluding carboxylic acids is 4. The Hall–Kier alpha value is -6.56. The van der Waals surface area contributed by atoms with Gasteiger partial charge in [-0.1, -0.05) is 97.1 Å². The predicted molar refractivity (Wildman–Crippen MR) is 193 cm³/mol. The van der Waals surface area contributed by atoms with Crippen LogP contribution in [0.4, 0.5) is 0 Å². The zero-order valence-corrected chi connectivity index (χ0v) is 27.7. The molecule has 5 aromatic rings. The number of amides is 1. The number of ketones is 1. The largest absolute Gasteiger partial charge is 0.461 e. The minimum atomic E-state index is -1.31. The van der Waals surface area contributed by atoms with Crippen molar-refractivity contribution in [2.75, 3.05) is 6.54 Å². The lowest BCUT2D eigenvalue weighted by Crippen LogP contribution is -2.37. The number of ether oxygens (including phenoxy) is 2. The number of aromatic nitrogens is 1. The number of rotatable bonds is 16. The number of nitrogens with two attached hydrogens (primary N) is 2. The number of H-pyrrole nitrogens is 1. The van der Waals surface area contributed by atoms with E-state index in [4.69, 9.17) is 31.8 Å². The topological polar surface area (TPSA) is 214 Å². The van der Waals surface area contributed by atoms with Gasteiger partial charge in [0.25, 0.3) is 0 Å². The predicted octanol–water partition coefficient (Wildman–Crippen LogP) is 4.51. The number of hydrogen-bond donors (Lipinski definition) is 6. The number of nitrogen functional groups attached to an aromatic ring is 2. The first-order valence-corrected chi connectivity index (χ1v) is 16.2. The first-order valence-electron chi connectivity index (χ1n) is 16.2. The molecule has 8 N–H and O–H groups in total. The molecular weight excluding hydrogens is 648 g/mol. The number of aromatic amines is 1. The maximum atomic E-state index is 13.5. The molecule has 1 heterocycles. The summed E-state index contributed by atoms with van der Waals surface area (Å²) in [5.41, 5.74) is 16.5. The minimum absolute atomic E-state index is 0.0551. The lowest BCUT2D eigenvalue weighted by molar-refractivity contribution is -0.154. The molecule has 0 fully saturated rings. The molecule has 12 nitrogen and oxygen atoms in total. The summed E-state index contributed by atoms with van der Waals surface area (Å²) in [4.78, 5) is 55.9. The molecule has 1 atom stereocenters. The lowest BCUT2D eigenvalue weighted by Gasteiger charge is -2.16. The summed E-state index contributed by atoms with van der Waals surface area (Å²) in [5, 5.41) is 18.9. The number of esters is 2. The van der Waals surface area contributed by atoms with E-state index in [-0.39, 0.29) is 44.1 Å². The van der Waals surface area contributed by atoms with E-state index in [2.05, 4.69) is 10.3 Å². The van der Waals surface area contributed by atoms with Crippen LogP contribution in [0.25, 0.3) is 22.2 Å². The van der Waals surface area contributed by atoms with E-state index in [1.807, 2.05) is 36.4 Å². The second-order valence-electron chi connectivity index (χ2n) is 11.9. The Morgan fingerprint density at radius 2 is 1.33 bits per heavy atom. The molecule has 0 aliphatic heterocycles. The molecule has 0 aliphatic rings. The van der Waals surface area contributed by atoms with E-state index in [1.54, 1.807) is 66.7 Å². The van der Waals surface area contributed by atoms with Crippen LogP contribution >= 0.6 is 0 Å². The zero-order valence-electron chi connectivity index (χ0n) is 27.7. The van der Waals surface area contributed by atoms with E-state index in [0.29, 0.717) is 33.3 Å². The van der Waals surface area contributed by atoms with Crippen LogP contribution < -0.4 is 16.8 Å². The second-order valence-corrected chi connectivity index (χ2v) is 11.9. The summed E-state index contributed by atoms with van der Waals surface area (Å²) in [6.45, 7) is -0.474. The van der Waals surface area contributed by atoms with Crippen LogP contribution in [0.5, 0.6) is 0 Å². The summed E-state index contributed by atoms with van der Waals surface area (Å²) in [6, 6.07) is 30.2. The van der Waals surface area contributed by atoms with Crippen molar-refractivity contribution in [3.63, 3.8) is 0 Å². The average molecular weight is 687 g/mol. The van der Waals surface area contributed by atoms with Crippen molar-refractivity contribution in [2.45, 2.75) is 32.5 Å². The fourth-order valence-electron chi connectivity index (χ4n) is 5.51. The number of nitrogens with one attached hydrogen (secondary N) is 4. The molecule has 5 rings (SSSR count). The molecule has 12 heteroatoms. The Kier molecular flexibility index (Phi) is 11.7. The molecule has 0 aliphatic carbocycles.